The predicted molar refractivity (Wildman–Crippen MR) is 93.5 cm³/mol. The zero-order valence-corrected chi connectivity index (χ0v) is 14.7. The van der Waals surface area contributed by atoms with Gasteiger partial charge in [-0.05, 0) is 56.3 Å². The number of hydrogen-bond donors (Lipinski definition) is 2. The van der Waals surface area contributed by atoms with E-state index in [-0.39, 0.29) is 28.2 Å². The fraction of sp³-hybridized carbons (Fsp3) is 0.222. The molecule has 2 amide bonds. The first-order valence-corrected chi connectivity index (χ1v) is 8.04. The van der Waals surface area contributed by atoms with E-state index >= 15 is 0 Å². The predicted octanol–water partition coefficient (Wildman–Crippen LogP) is 4.75. The summed E-state index contributed by atoms with van der Waals surface area (Å²) < 4.78 is 38.3. The van der Waals surface area contributed by atoms with Gasteiger partial charge in [-0.1, -0.05) is 11.6 Å². The topological polar surface area (TPSA) is 58.2 Å². The van der Waals surface area contributed by atoms with Gasteiger partial charge >= 0.3 is 6.18 Å². The van der Waals surface area contributed by atoms with E-state index < -0.39 is 17.6 Å². The fourth-order valence-electron chi connectivity index (χ4n) is 2.11. The first-order chi connectivity index (χ1) is 12.1. The number of carbonyl (C=O) groups is 2. The van der Waals surface area contributed by atoms with E-state index in [9.17, 15) is 22.8 Å². The van der Waals surface area contributed by atoms with Crippen LogP contribution in [-0.4, -0.2) is 17.9 Å². The second-order valence-corrected chi connectivity index (χ2v) is 6.26. The molecule has 0 bridgehead atoms. The van der Waals surface area contributed by atoms with E-state index in [0.717, 1.165) is 18.2 Å². The van der Waals surface area contributed by atoms with Crippen LogP contribution >= 0.6 is 11.6 Å². The lowest BCUT2D eigenvalue weighted by molar-refractivity contribution is -0.137. The molecule has 0 radical (unpaired) electrons. The van der Waals surface area contributed by atoms with Crippen LogP contribution in [-0.2, 0) is 6.18 Å². The average Bonchev–Trinajstić information content (AvgIpc) is 2.55. The number of hydrogen-bond acceptors (Lipinski definition) is 2. The number of halogens is 4. The quantitative estimate of drug-likeness (QED) is 0.799. The first kappa shape index (κ1) is 19.8. The molecule has 0 aliphatic rings. The smallest absolute Gasteiger partial charge is 0.350 e. The van der Waals surface area contributed by atoms with E-state index in [2.05, 4.69) is 10.6 Å². The van der Waals surface area contributed by atoms with Gasteiger partial charge in [-0.2, -0.15) is 13.2 Å². The second-order valence-electron chi connectivity index (χ2n) is 5.85. The molecule has 2 N–H and O–H groups in total. The fourth-order valence-corrected chi connectivity index (χ4v) is 2.28. The van der Waals surface area contributed by atoms with Gasteiger partial charge in [0.25, 0.3) is 11.8 Å². The Kier molecular flexibility index (Phi) is 5.92. The summed E-state index contributed by atoms with van der Waals surface area (Å²) in [6.45, 7) is 3.64. The van der Waals surface area contributed by atoms with Gasteiger partial charge in [0.2, 0.25) is 0 Å². The Balaban J connectivity index is 2.17. The Hall–Kier alpha value is -2.54. The van der Waals surface area contributed by atoms with Crippen molar-refractivity contribution >= 4 is 29.1 Å². The highest BCUT2D eigenvalue weighted by Gasteiger charge is 2.31. The third kappa shape index (κ3) is 4.98. The number of amides is 2. The van der Waals surface area contributed by atoms with Crippen molar-refractivity contribution in [2.45, 2.75) is 26.1 Å². The Morgan fingerprint density at radius 3 is 2.00 bits per heavy atom. The highest BCUT2D eigenvalue weighted by atomic mass is 35.5. The Labute approximate surface area is 153 Å². The Morgan fingerprint density at radius 1 is 0.962 bits per heavy atom. The van der Waals surface area contributed by atoms with E-state index in [0.29, 0.717) is 5.56 Å². The van der Waals surface area contributed by atoms with Crippen LogP contribution in [0.1, 0.15) is 40.1 Å². The molecule has 0 aromatic heterocycles. The molecule has 26 heavy (non-hydrogen) atoms. The number of benzene rings is 2. The summed E-state index contributed by atoms with van der Waals surface area (Å²) in [5.41, 5.74) is -0.516. The van der Waals surface area contributed by atoms with Gasteiger partial charge in [-0.15, -0.1) is 0 Å². The molecule has 0 saturated carbocycles. The lowest BCUT2D eigenvalue weighted by Crippen LogP contribution is -2.30. The average molecular weight is 385 g/mol. The Bertz CT molecular complexity index is 818. The first-order valence-electron chi connectivity index (χ1n) is 7.67. The number of nitrogens with one attached hydrogen (secondary N) is 2. The SMILES string of the molecule is CC(C)NC(=O)c1ccc(C(=O)Nc2cc(C(F)(F)F)ccc2Cl)cc1. The van der Waals surface area contributed by atoms with Crippen LogP contribution in [0.4, 0.5) is 18.9 Å². The molecule has 0 atom stereocenters. The van der Waals surface area contributed by atoms with Crippen LogP contribution in [0.15, 0.2) is 42.5 Å². The van der Waals surface area contributed by atoms with Crippen LogP contribution in [0.5, 0.6) is 0 Å². The van der Waals surface area contributed by atoms with Gasteiger partial charge in [0.05, 0.1) is 16.3 Å². The molecule has 0 saturated heterocycles. The molecule has 0 spiro atoms. The second kappa shape index (κ2) is 7.78. The largest absolute Gasteiger partial charge is 0.416 e. The zero-order valence-electron chi connectivity index (χ0n) is 13.9. The summed E-state index contributed by atoms with van der Waals surface area (Å²) in [6.07, 6.45) is -4.55. The summed E-state index contributed by atoms with van der Waals surface area (Å²) in [4.78, 5) is 24.1. The number of anilines is 1. The number of carbonyl (C=O) groups excluding carboxylic acids is 2. The molecule has 0 unspecified atom stereocenters. The Morgan fingerprint density at radius 2 is 1.50 bits per heavy atom. The van der Waals surface area contributed by atoms with Crippen molar-refractivity contribution in [1.82, 2.24) is 5.32 Å². The van der Waals surface area contributed by atoms with E-state index in [1.54, 1.807) is 0 Å². The zero-order chi connectivity index (χ0) is 19.5. The molecule has 2 aromatic rings. The van der Waals surface area contributed by atoms with Gasteiger partial charge < -0.3 is 10.6 Å². The lowest BCUT2D eigenvalue weighted by Gasteiger charge is -2.12. The van der Waals surface area contributed by atoms with Crippen molar-refractivity contribution in [2.24, 2.45) is 0 Å². The van der Waals surface area contributed by atoms with Gasteiger partial charge in [0.15, 0.2) is 0 Å². The van der Waals surface area contributed by atoms with Crippen LogP contribution in [0.25, 0.3) is 0 Å². The van der Waals surface area contributed by atoms with Crippen LogP contribution in [0.2, 0.25) is 5.02 Å². The lowest BCUT2D eigenvalue weighted by atomic mass is 10.1. The minimum atomic E-state index is -4.55. The monoisotopic (exact) mass is 384 g/mol. The summed E-state index contributed by atoms with van der Waals surface area (Å²) in [5.74, 6) is -0.921. The van der Waals surface area contributed by atoms with Gasteiger partial charge in [0.1, 0.15) is 0 Å². The minimum Gasteiger partial charge on any atom is -0.350 e. The third-order valence-corrected chi connectivity index (χ3v) is 3.70. The molecule has 138 valence electrons. The van der Waals surface area contributed by atoms with Crippen molar-refractivity contribution < 1.29 is 22.8 Å². The summed E-state index contributed by atoms with van der Waals surface area (Å²) in [5, 5.41) is 5.05. The van der Waals surface area contributed by atoms with Crippen molar-refractivity contribution in [2.75, 3.05) is 5.32 Å². The number of rotatable bonds is 4. The maximum Gasteiger partial charge on any atom is 0.416 e. The molecule has 0 aliphatic heterocycles. The van der Waals surface area contributed by atoms with Crippen LogP contribution < -0.4 is 10.6 Å². The van der Waals surface area contributed by atoms with Crippen molar-refractivity contribution in [3.8, 4) is 0 Å². The van der Waals surface area contributed by atoms with Gasteiger partial charge in [-0.25, -0.2) is 0 Å². The van der Waals surface area contributed by atoms with E-state index in [1.807, 2.05) is 13.8 Å². The van der Waals surface area contributed by atoms with Crippen LogP contribution in [0.3, 0.4) is 0 Å². The van der Waals surface area contributed by atoms with Crippen LogP contribution in [0, 0.1) is 0 Å². The van der Waals surface area contributed by atoms with Gasteiger partial charge in [0, 0.05) is 17.2 Å². The standard InChI is InChI=1S/C18H16ClF3N2O2/c1-10(2)23-16(25)11-3-5-12(6-4-11)17(26)24-15-9-13(18(20,21)22)7-8-14(15)19/h3-10H,1-2H3,(H,23,25)(H,24,26). The highest BCUT2D eigenvalue weighted by molar-refractivity contribution is 6.34. The molecule has 0 heterocycles. The molecule has 0 aliphatic carbocycles. The molecule has 8 heteroatoms. The van der Waals surface area contributed by atoms with Gasteiger partial charge in [-0.3, -0.25) is 9.59 Å². The van der Waals surface area contributed by atoms with E-state index in [1.165, 1.54) is 24.3 Å². The maximum atomic E-state index is 12.8. The summed E-state index contributed by atoms with van der Waals surface area (Å²) in [7, 11) is 0. The molecule has 2 rings (SSSR count). The molecule has 4 nitrogen and oxygen atoms in total. The maximum absolute atomic E-state index is 12.8. The minimum absolute atomic E-state index is 0.0146. The summed E-state index contributed by atoms with van der Waals surface area (Å²) >= 11 is 5.86. The van der Waals surface area contributed by atoms with Crippen molar-refractivity contribution in [3.05, 3.63) is 64.2 Å². The van der Waals surface area contributed by atoms with E-state index in [4.69, 9.17) is 11.6 Å². The highest BCUT2D eigenvalue weighted by Crippen LogP contribution is 2.33. The van der Waals surface area contributed by atoms with Crippen molar-refractivity contribution in [1.29, 1.82) is 0 Å². The molecule has 0 fully saturated rings. The molecule has 2 aromatic carbocycles. The third-order valence-electron chi connectivity index (χ3n) is 3.37. The normalized spacial score (nSPS) is 11.3. The summed E-state index contributed by atoms with van der Waals surface area (Å²) in [6, 6.07) is 8.37. The molecular weight excluding hydrogens is 369 g/mol. The van der Waals surface area contributed by atoms with Crippen molar-refractivity contribution in [3.63, 3.8) is 0 Å². The number of alkyl halides is 3. The molecular formula is C18H16ClF3N2O2.